The van der Waals surface area contributed by atoms with E-state index in [0.29, 0.717) is 25.3 Å². The molecule has 2 saturated heterocycles. The summed E-state index contributed by atoms with van der Waals surface area (Å²) >= 11 is 0. The number of hydrogen-bond donors (Lipinski definition) is 1. The van der Waals surface area contributed by atoms with E-state index in [0.717, 1.165) is 63.5 Å². The number of hydrogen-bond acceptors (Lipinski definition) is 5. The number of rotatable bonds is 7. The van der Waals surface area contributed by atoms with Crippen LogP contribution >= 0.6 is 0 Å². The van der Waals surface area contributed by atoms with Crippen molar-refractivity contribution in [2.45, 2.75) is 89.3 Å². The van der Waals surface area contributed by atoms with Gasteiger partial charge in [0.1, 0.15) is 23.9 Å². The number of likely N-dealkylation sites (tertiary alicyclic amines) is 1. The average molecular weight is 497 g/mol. The molecule has 5 rings (SSSR count). The molecule has 3 fully saturated rings. The van der Waals surface area contributed by atoms with E-state index in [4.69, 9.17) is 4.74 Å². The zero-order chi connectivity index (χ0) is 25.1. The van der Waals surface area contributed by atoms with Gasteiger partial charge in [-0.2, -0.15) is 0 Å². The van der Waals surface area contributed by atoms with Gasteiger partial charge < -0.3 is 19.9 Å². The SMILES string of the molecule is CCCCN1C(=O)C(CC2CCCCC2)NC(=O)C12CCN(Cc1ccc3c(c1)OCCN3C)CC2. The first-order valence-corrected chi connectivity index (χ1v) is 14.3. The van der Waals surface area contributed by atoms with Crippen LogP contribution in [0.5, 0.6) is 5.75 Å². The van der Waals surface area contributed by atoms with Crippen LogP contribution in [0.25, 0.3) is 0 Å². The number of carbonyl (C=O) groups excluding carboxylic acids is 2. The van der Waals surface area contributed by atoms with Crippen LogP contribution in [0.4, 0.5) is 5.69 Å². The number of anilines is 1. The third kappa shape index (κ3) is 5.09. The number of piperidine rings is 1. The Morgan fingerprint density at radius 1 is 1.08 bits per heavy atom. The van der Waals surface area contributed by atoms with Crippen LogP contribution in [0.15, 0.2) is 18.2 Å². The summed E-state index contributed by atoms with van der Waals surface area (Å²) < 4.78 is 5.90. The monoisotopic (exact) mass is 496 g/mol. The number of nitrogens with one attached hydrogen (secondary N) is 1. The molecule has 1 spiro atoms. The van der Waals surface area contributed by atoms with Gasteiger partial charge in [-0.3, -0.25) is 14.5 Å². The number of ether oxygens (including phenoxy) is 1. The number of likely N-dealkylation sites (N-methyl/N-ethyl adjacent to an activating group) is 1. The van der Waals surface area contributed by atoms with Gasteiger partial charge in [-0.25, -0.2) is 0 Å². The van der Waals surface area contributed by atoms with Gasteiger partial charge in [-0.15, -0.1) is 0 Å². The van der Waals surface area contributed by atoms with E-state index < -0.39 is 5.54 Å². The minimum atomic E-state index is -0.687. The predicted molar refractivity (Wildman–Crippen MR) is 142 cm³/mol. The fourth-order valence-corrected chi connectivity index (χ4v) is 6.77. The van der Waals surface area contributed by atoms with E-state index in [2.05, 4.69) is 47.3 Å². The van der Waals surface area contributed by atoms with Gasteiger partial charge >= 0.3 is 0 Å². The molecule has 1 aromatic carbocycles. The van der Waals surface area contributed by atoms with Crippen LogP contribution in [-0.2, 0) is 16.1 Å². The highest BCUT2D eigenvalue weighted by Crippen LogP contribution is 2.37. The Hall–Kier alpha value is -2.28. The predicted octanol–water partition coefficient (Wildman–Crippen LogP) is 3.95. The highest BCUT2D eigenvalue weighted by atomic mass is 16.5. The van der Waals surface area contributed by atoms with E-state index in [1.165, 1.54) is 37.7 Å². The molecule has 0 aromatic heterocycles. The Bertz CT molecular complexity index is 936. The quantitative estimate of drug-likeness (QED) is 0.619. The Labute approximate surface area is 216 Å². The summed E-state index contributed by atoms with van der Waals surface area (Å²) in [5.41, 5.74) is 1.70. The molecule has 0 radical (unpaired) electrons. The maximum atomic E-state index is 13.7. The molecule has 4 aliphatic rings. The maximum absolute atomic E-state index is 13.7. The average Bonchev–Trinajstić information content (AvgIpc) is 2.89. The molecular formula is C29H44N4O3. The number of unbranched alkanes of at least 4 members (excludes halogenated alkanes) is 1. The van der Waals surface area contributed by atoms with E-state index in [1.807, 2.05) is 4.90 Å². The zero-order valence-corrected chi connectivity index (χ0v) is 22.3. The number of piperazine rings is 1. The lowest BCUT2D eigenvalue weighted by atomic mass is 9.79. The summed E-state index contributed by atoms with van der Waals surface area (Å²) in [6.45, 7) is 6.95. The summed E-state index contributed by atoms with van der Waals surface area (Å²) in [5.74, 6) is 1.78. The van der Waals surface area contributed by atoms with Crippen LogP contribution in [0.2, 0.25) is 0 Å². The summed E-state index contributed by atoms with van der Waals surface area (Å²) in [5, 5.41) is 3.21. The zero-order valence-electron chi connectivity index (χ0n) is 22.3. The lowest BCUT2D eigenvalue weighted by molar-refractivity contribution is -0.162. The van der Waals surface area contributed by atoms with Gasteiger partial charge in [-0.05, 0) is 49.3 Å². The molecule has 1 atom stereocenters. The fourth-order valence-electron chi connectivity index (χ4n) is 6.77. The normalized spacial score (nSPS) is 25.0. The number of nitrogens with zero attached hydrogens (tertiary/aromatic N) is 3. The van der Waals surface area contributed by atoms with Crippen molar-refractivity contribution in [3.8, 4) is 5.75 Å². The highest BCUT2D eigenvalue weighted by Gasteiger charge is 2.53. The van der Waals surface area contributed by atoms with Crippen molar-refractivity contribution in [1.29, 1.82) is 0 Å². The van der Waals surface area contributed by atoms with Gasteiger partial charge in [0.2, 0.25) is 11.8 Å². The van der Waals surface area contributed by atoms with Gasteiger partial charge in [-0.1, -0.05) is 51.5 Å². The lowest BCUT2D eigenvalue weighted by Crippen LogP contribution is -2.73. The number of carbonyl (C=O) groups is 2. The molecule has 7 heteroatoms. The van der Waals surface area contributed by atoms with Crippen LogP contribution < -0.4 is 15.0 Å². The molecular weight excluding hydrogens is 452 g/mol. The second-order valence-electron chi connectivity index (χ2n) is 11.5. The van der Waals surface area contributed by atoms with Crippen molar-refractivity contribution in [2.75, 3.05) is 44.7 Å². The molecule has 2 amide bonds. The molecule has 1 aliphatic carbocycles. The second-order valence-corrected chi connectivity index (χ2v) is 11.5. The van der Waals surface area contributed by atoms with Crippen molar-refractivity contribution >= 4 is 17.5 Å². The highest BCUT2D eigenvalue weighted by molar-refractivity contribution is 6.00. The fraction of sp³-hybridized carbons (Fsp3) is 0.724. The van der Waals surface area contributed by atoms with Crippen molar-refractivity contribution in [2.24, 2.45) is 5.92 Å². The Morgan fingerprint density at radius 2 is 1.86 bits per heavy atom. The topological polar surface area (TPSA) is 65.1 Å². The summed E-state index contributed by atoms with van der Waals surface area (Å²) in [7, 11) is 2.10. The molecule has 7 nitrogen and oxygen atoms in total. The van der Waals surface area contributed by atoms with E-state index in [1.54, 1.807) is 0 Å². The largest absolute Gasteiger partial charge is 0.490 e. The van der Waals surface area contributed by atoms with Gasteiger partial charge in [0, 0.05) is 33.2 Å². The van der Waals surface area contributed by atoms with E-state index in [9.17, 15) is 9.59 Å². The first-order valence-electron chi connectivity index (χ1n) is 14.3. The molecule has 3 heterocycles. The van der Waals surface area contributed by atoms with E-state index >= 15 is 0 Å². The van der Waals surface area contributed by atoms with Crippen LogP contribution in [0.3, 0.4) is 0 Å². The molecule has 1 unspecified atom stereocenters. The molecule has 3 aliphatic heterocycles. The minimum Gasteiger partial charge on any atom is -0.490 e. The first kappa shape index (κ1) is 25.4. The van der Waals surface area contributed by atoms with Gasteiger partial charge in [0.05, 0.1) is 12.2 Å². The van der Waals surface area contributed by atoms with Crippen LogP contribution in [-0.4, -0.2) is 73.0 Å². The minimum absolute atomic E-state index is 0.0869. The van der Waals surface area contributed by atoms with Gasteiger partial charge in [0.15, 0.2) is 0 Å². The summed E-state index contributed by atoms with van der Waals surface area (Å²) in [6, 6.07) is 6.17. The standard InChI is InChI=1S/C29H44N4O3/c1-3-4-14-33-27(34)24(19-22-8-6-5-7-9-22)30-28(35)29(33)12-15-32(16-13-29)21-23-10-11-25-26(20-23)36-18-17-31(25)2/h10-11,20,22,24H,3-9,12-19,21H2,1-2H3,(H,30,35). The Balaban J connectivity index is 1.25. The van der Waals surface area contributed by atoms with E-state index in [-0.39, 0.29) is 17.9 Å². The lowest BCUT2D eigenvalue weighted by Gasteiger charge is -2.52. The van der Waals surface area contributed by atoms with Crippen molar-refractivity contribution in [1.82, 2.24) is 15.1 Å². The Morgan fingerprint density at radius 3 is 2.61 bits per heavy atom. The number of amides is 2. The van der Waals surface area contributed by atoms with Crippen LogP contribution in [0.1, 0.15) is 76.7 Å². The van der Waals surface area contributed by atoms with Crippen molar-refractivity contribution in [3.63, 3.8) is 0 Å². The molecule has 1 aromatic rings. The third-order valence-corrected chi connectivity index (χ3v) is 9.05. The molecule has 1 saturated carbocycles. The summed E-state index contributed by atoms with van der Waals surface area (Å²) in [6.07, 6.45) is 10.4. The smallest absolute Gasteiger partial charge is 0.246 e. The Kier molecular flexibility index (Phi) is 7.75. The number of benzene rings is 1. The van der Waals surface area contributed by atoms with Crippen molar-refractivity contribution in [3.05, 3.63) is 23.8 Å². The molecule has 36 heavy (non-hydrogen) atoms. The third-order valence-electron chi connectivity index (χ3n) is 9.05. The molecule has 0 bridgehead atoms. The maximum Gasteiger partial charge on any atom is 0.246 e. The van der Waals surface area contributed by atoms with Crippen molar-refractivity contribution < 1.29 is 14.3 Å². The summed E-state index contributed by atoms with van der Waals surface area (Å²) in [4.78, 5) is 34.1. The number of fused-ring (bicyclic) bond motifs is 1. The molecule has 1 N–H and O–H groups in total. The van der Waals surface area contributed by atoms with Gasteiger partial charge in [0.25, 0.3) is 0 Å². The second kappa shape index (κ2) is 11.0. The molecule has 198 valence electrons. The first-order chi connectivity index (χ1) is 17.5. The van der Waals surface area contributed by atoms with Crippen LogP contribution in [0, 0.1) is 5.92 Å².